The highest BCUT2D eigenvalue weighted by Gasteiger charge is 2.36. The van der Waals surface area contributed by atoms with Crippen LogP contribution in [0, 0.1) is 5.82 Å². The van der Waals surface area contributed by atoms with Crippen LogP contribution in [0.4, 0.5) is 14.9 Å². The third-order valence-electron chi connectivity index (χ3n) is 5.86. The van der Waals surface area contributed by atoms with E-state index >= 15 is 4.39 Å². The molecule has 4 rings (SSSR count). The Morgan fingerprint density at radius 2 is 1.91 bits per heavy atom. The molecule has 2 aromatic rings. The van der Waals surface area contributed by atoms with Gasteiger partial charge in [-0.3, -0.25) is 14.5 Å². The number of halogens is 2. The van der Waals surface area contributed by atoms with E-state index in [0.717, 1.165) is 40.0 Å². The Balaban J connectivity index is 1.68. The number of fused-ring (bicyclic) bond motifs is 1. The van der Waals surface area contributed by atoms with E-state index in [9.17, 15) is 9.59 Å². The number of allylic oxidation sites excluding steroid dienone is 1. The first-order valence-corrected chi connectivity index (χ1v) is 11.6. The van der Waals surface area contributed by atoms with E-state index in [-0.39, 0.29) is 22.6 Å². The van der Waals surface area contributed by atoms with Crippen LogP contribution in [0.3, 0.4) is 0 Å². The van der Waals surface area contributed by atoms with E-state index in [1.54, 1.807) is 30.3 Å². The van der Waals surface area contributed by atoms with Gasteiger partial charge >= 0.3 is 0 Å². The molecule has 2 amide bonds. The van der Waals surface area contributed by atoms with Gasteiger partial charge in [0.25, 0.3) is 11.1 Å². The van der Waals surface area contributed by atoms with Crippen molar-refractivity contribution in [2.75, 3.05) is 11.4 Å². The number of imide groups is 1. The second kappa shape index (κ2) is 8.41. The molecule has 0 aliphatic carbocycles. The number of amides is 2. The molecular formula is C25H24ClFN2O2S. The van der Waals surface area contributed by atoms with Crippen molar-refractivity contribution in [3.63, 3.8) is 0 Å². The standard InChI is InChI=1S/C25H24ClFN2O2S/c1-5-29-21-12-20(27)17(10-18(21)15(2)13-25(29,3)4)11-22-23(30)28(24(31)32-22)14-16-8-6-7-9-19(16)26/h6-13H,5,14H2,1-4H3/b22-11+. The van der Waals surface area contributed by atoms with Crippen molar-refractivity contribution in [2.45, 2.75) is 39.8 Å². The average Bonchev–Trinajstić information content (AvgIpc) is 2.98. The fourth-order valence-corrected chi connectivity index (χ4v) is 5.40. The largest absolute Gasteiger partial charge is 0.363 e. The molecule has 1 saturated heterocycles. The van der Waals surface area contributed by atoms with Gasteiger partial charge in [0.15, 0.2) is 0 Å². The van der Waals surface area contributed by atoms with Crippen LogP contribution in [-0.2, 0) is 11.3 Å². The van der Waals surface area contributed by atoms with E-state index in [4.69, 9.17) is 11.6 Å². The highest BCUT2D eigenvalue weighted by atomic mass is 35.5. The quantitative estimate of drug-likeness (QED) is 0.464. The molecule has 1 fully saturated rings. The summed E-state index contributed by atoms with van der Waals surface area (Å²) in [5.74, 6) is -0.869. The van der Waals surface area contributed by atoms with Gasteiger partial charge in [-0.1, -0.05) is 35.9 Å². The summed E-state index contributed by atoms with van der Waals surface area (Å²) in [6.45, 7) is 9.07. The van der Waals surface area contributed by atoms with E-state index in [1.807, 2.05) is 13.8 Å². The summed E-state index contributed by atoms with van der Waals surface area (Å²) in [7, 11) is 0. The normalized spacial score (nSPS) is 18.9. The molecular weight excluding hydrogens is 447 g/mol. The molecule has 2 heterocycles. The Morgan fingerprint density at radius 3 is 2.59 bits per heavy atom. The third kappa shape index (κ3) is 3.97. The number of benzene rings is 2. The molecule has 0 radical (unpaired) electrons. The zero-order chi connectivity index (χ0) is 23.2. The van der Waals surface area contributed by atoms with Gasteiger partial charge in [0, 0.05) is 28.4 Å². The SMILES string of the molecule is CCN1c2cc(F)c(/C=C3/SC(=O)N(Cc4ccccc4Cl)C3=O)cc2C(C)=CC1(C)C. The number of carbonyl (C=O) groups is 2. The predicted octanol–water partition coefficient (Wildman–Crippen LogP) is 6.74. The first-order chi connectivity index (χ1) is 15.1. The molecule has 0 atom stereocenters. The number of thioether (sulfide) groups is 1. The van der Waals surface area contributed by atoms with Crippen LogP contribution in [0.2, 0.25) is 5.02 Å². The van der Waals surface area contributed by atoms with E-state index in [0.29, 0.717) is 10.6 Å². The maximum atomic E-state index is 15.1. The second-order valence-electron chi connectivity index (χ2n) is 8.48. The molecule has 7 heteroatoms. The number of anilines is 1. The van der Waals surface area contributed by atoms with E-state index < -0.39 is 17.0 Å². The van der Waals surface area contributed by atoms with Crippen molar-refractivity contribution in [3.05, 3.63) is 74.9 Å². The smallest absolute Gasteiger partial charge is 0.293 e. The second-order valence-corrected chi connectivity index (χ2v) is 9.88. The van der Waals surface area contributed by atoms with Crippen LogP contribution in [0.25, 0.3) is 11.6 Å². The lowest BCUT2D eigenvalue weighted by atomic mass is 9.88. The van der Waals surface area contributed by atoms with Crippen molar-refractivity contribution in [1.29, 1.82) is 0 Å². The lowest BCUT2D eigenvalue weighted by Crippen LogP contribution is -2.45. The van der Waals surface area contributed by atoms with Gasteiger partial charge in [-0.2, -0.15) is 0 Å². The van der Waals surface area contributed by atoms with Gasteiger partial charge in [0.1, 0.15) is 5.82 Å². The average molecular weight is 471 g/mol. The van der Waals surface area contributed by atoms with Gasteiger partial charge in [-0.05, 0) is 74.9 Å². The van der Waals surface area contributed by atoms with Crippen LogP contribution < -0.4 is 4.90 Å². The van der Waals surface area contributed by atoms with Crippen molar-refractivity contribution < 1.29 is 14.0 Å². The van der Waals surface area contributed by atoms with Crippen molar-refractivity contribution in [3.8, 4) is 0 Å². The number of carbonyl (C=O) groups excluding carboxylic acids is 2. The summed E-state index contributed by atoms with van der Waals surface area (Å²) in [6.07, 6.45) is 3.63. The lowest BCUT2D eigenvalue weighted by Gasteiger charge is -2.42. The van der Waals surface area contributed by atoms with Crippen molar-refractivity contribution in [1.82, 2.24) is 4.90 Å². The minimum atomic E-state index is -0.444. The summed E-state index contributed by atoms with van der Waals surface area (Å²) < 4.78 is 15.1. The molecule has 0 N–H and O–H groups in total. The topological polar surface area (TPSA) is 40.6 Å². The van der Waals surface area contributed by atoms with Gasteiger partial charge in [-0.25, -0.2) is 4.39 Å². The third-order valence-corrected chi connectivity index (χ3v) is 7.13. The minimum Gasteiger partial charge on any atom is -0.363 e. The first-order valence-electron chi connectivity index (χ1n) is 10.4. The molecule has 0 aromatic heterocycles. The highest BCUT2D eigenvalue weighted by molar-refractivity contribution is 8.18. The van der Waals surface area contributed by atoms with Crippen LogP contribution >= 0.6 is 23.4 Å². The molecule has 32 heavy (non-hydrogen) atoms. The molecule has 2 aliphatic heterocycles. The number of likely N-dealkylation sites (N-methyl/N-ethyl adjacent to an activating group) is 1. The Morgan fingerprint density at radius 1 is 1.19 bits per heavy atom. The summed E-state index contributed by atoms with van der Waals surface area (Å²) in [4.78, 5) is 28.9. The molecule has 2 aromatic carbocycles. The minimum absolute atomic E-state index is 0.0801. The Labute approximate surface area is 196 Å². The molecule has 0 spiro atoms. The first kappa shape index (κ1) is 22.6. The molecule has 4 nitrogen and oxygen atoms in total. The Bertz CT molecular complexity index is 1190. The Hall–Kier alpha value is -2.57. The molecule has 166 valence electrons. The van der Waals surface area contributed by atoms with Gasteiger partial charge in [0.2, 0.25) is 0 Å². The summed E-state index contributed by atoms with van der Waals surface area (Å²) in [5, 5.41) is 0.0939. The monoisotopic (exact) mass is 470 g/mol. The fourth-order valence-electron chi connectivity index (χ4n) is 4.38. The predicted molar refractivity (Wildman–Crippen MR) is 130 cm³/mol. The van der Waals surface area contributed by atoms with Crippen LogP contribution in [0.1, 0.15) is 44.4 Å². The number of hydrogen-bond donors (Lipinski definition) is 0. The summed E-state index contributed by atoms with van der Waals surface area (Å²) in [5.41, 5.74) is 3.56. The molecule has 0 bridgehead atoms. The zero-order valence-electron chi connectivity index (χ0n) is 18.4. The number of rotatable bonds is 4. The van der Waals surface area contributed by atoms with Crippen LogP contribution in [0.5, 0.6) is 0 Å². The van der Waals surface area contributed by atoms with Gasteiger partial charge in [-0.15, -0.1) is 0 Å². The van der Waals surface area contributed by atoms with Crippen LogP contribution in [0.15, 0.2) is 47.4 Å². The van der Waals surface area contributed by atoms with Crippen LogP contribution in [-0.4, -0.2) is 28.1 Å². The van der Waals surface area contributed by atoms with Gasteiger partial charge < -0.3 is 4.90 Å². The zero-order valence-corrected chi connectivity index (χ0v) is 20.0. The maximum Gasteiger partial charge on any atom is 0.293 e. The summed E-state index contributed by atoms with van der Waals surface area (Å²) in [6, 6.07) is 10.4. The van der Waals surface area contributed by atoms with Crippen molar-refractivity contribution in [2.24, 2.45) is 0 Å². The molecule has 0 saturated carbocycles. The molecule has 0 unspecified atom stereocenters. The van der Waals surface area contributed by atoms with Crippen molar-refractivity contribution >= 4 is 51.8 Å². The van der Waals surface area contributed by atoms with E-state index in [1.165, 1.54) is 12.1 Å². The van der Waals surface area contributed by atoms with Gasteiger partial charge in [0.05, 0.1) is 17.0 Å². The summed E-state index contributed by atoms with van der Waals surface area (Å²) >= 11 is 7.00. The highest BCUT2D eigenvalue weighted by Crippen LogP contribution is 2.41. The Kier molecular flexibility index (Phi) is 5.94. The van der Waals surface area contributed by atoms with E-state index in [2.05, 4.69) is 24.8 Å². The number of nitrogens with zero attached hydrogens (tertiary/aromatic N) is 2. The fraction of sp³-hybridized carbons (Fsp3) is 0.280. The lowest BCUT2D eigenvalue weighted by molar-refractivity contribution is -0.123. The maximum absolute atomic E-state index is 15.1. The molecule has 2 aliphatic rings. The number of hydrogen-bond acceptors (Lipinski definition) is 4.